The van der Waals surface area contributed by atoms with Crippen LogP contribution in [0.5, 0.6) is 0 Å². The first-order chi connectivity index (χ1) is 17.8. The number of carbonyl (C=O) groups excluding carboxylic acids is 1. The highest BCUT2D eigenvalue weighted by Crippen LogP contribution is 2.17. The second-order valence-corrected chi connectivity index (χ2v) is 8.92. The van der Waals surface area contributed by atoms with Gasteiger partial charge in [-0.2, -0.15) is 0 Å². The molecule has 1 atom stereocenters. The minimum absolute atomic E-state index is 0.102. The zero-order valence-electron chi connectivity index (χ0n) is 25.4. The summed E-state index contributed by atoms with van der Waals surface area (Å²) in [5.74, 6) is 1.92. The molecule has 0 aliphatic carbocycles. The van der Waals surface area contributed by atoms with Crippen molar-refractivity contribution in [3.63, 3.8) is 0 Å². The van der Waals surface area contributed by atoms with Crippen LogP contribution >= 0.6 is 11.6 Å². The fourth-order valence-corrected chi connectivity index (χ4v) is 3.47. The van der Waals surface area contributed by atoms with Crippen LogP contribution in [0.3, 0.4) is 0 Å². The smallest absolute Gasteiger partial charge is 0.141 e. The van der Waals surface area contributed by atoms with Crippen molar-refractivity contribution >= 4 is 18.4 Å². The molecule has 0 bridgehead atoms. The van der Waals surface area contributed by atoms with Crippen LogP contribution in [-0.2, 0) is 19.0 Å². The number of nitrogens with zero attached hydrogens (tertiary/aromatic N) is 2. The Kier molecular flexibility index (Phi) is 30.9. The van der Waals surface area contributed by atoms with Gasteiger partial charge in [-0.15, -0.1) is 11.6 Å². The van der Waals surface area contributed by atoms with Gasteiger partial charge in [-0.3, -0.25) is 4.90 Å². The van der Waals surface area contributed by atoms with Gasteiger partial charge in [-0.05, 0) is 78.2 Å². The van der Waals surface area contributed by atoms with Crippen LogP contribution < -0.4 is 0 Å². The van der Waals surface area contributed by atoms with Gasteiger partial charge in [0.15, 0.2) is 0 Å². The topological polar surface area (TPSA) is 51.2 Å². The van der Waals surface area contributed by atoms with Gasteiger partial charge in [-0.25, -0.2) is 0 Å². The summed E-state index contributed by atoms with van der Waals surface area (Å²) in [4.78, 5) is 12.9. The Balaban J connectivity index is -0.000000744. The predicted octanol–water partition coefficient (Wildman–Crippen LogP) is 7.22. The Morgan fingerprint density at radius 3 is 2.11 bits per heavy atom. The maximum absolute atomic E-state index is 8.00. The van der Waals surface area contributed by atoms with Gasteiger partial charge in [0.05, 0.1) is 37.2 Å². The highest BCUT2D eigenvalue weighted by Gasteiger charge is 2.19. The fraction of sp³-hybridized carbons (Fsp3) is 0.700. The lowest BCUT2D eigenvalue weighted by molar-refractivity contribution is -0.0980. The summed E-state index contributed by atoms with van der Waals surface area (Å²) in [6.45, 7) is 29.6. The zero-order valence-corrected chi connectivity index (χ0v) is 26.2. The van der Waals surface area contributed by atoms with Gasteiger partial charge in [0, 0.05) is 32.8 Å². The standard InChI is InChI=1S/C19H33ClN2O2.C8H16O.C2H6.CH2O/c1-5-9-18(19(6-2)23-4)22-13-11-21(12-14-22)10-7-8-15-24-16-17(3)20;1-5-7(3)8(4)9-6-2;2*1-2/h5-6,9,17H,2,7-8,10-16H2,1,3-4H3;5-6H2,1-4H3;1-2H3;1H2/b9-5-,19-18-;8-7-;;. The summed E-state index contributed by atoms with van der Waals surface area (Å²) in [7, 11) is 1.70. The van der Waals surface area contributed by atoms with Crippen LogP contribution in [0.1, 0.15) is 74.7 Å². The number of allylic oxidation sites excluding steroid dienone is 5. The van der Waals surface area contributed by atoms with Crippen molar-refractivity contribution in [2.75, 3.05) is 59.7 Å². The van der Waals surface area contributed by atoms with Gasteiger partial charge in [-0.1, -0.05) is 33.4 Å². The maximum atomic E-state index is 8.00. The van der Waals surface area contributed by atoms with E-state index in [4.69, 9.17) is 30.6 Å². The molecule has 0 aromatic carbocycles. The average molecular weight is 545 g/mol. The molecule has 218 valence electrons. The number of rotatable bonds is 14. The van der Waals surface area contributed by atoms with E-state index in [1.807, 2.05) is 54.4 Å². The minimum Gasteiger partial charge on any atom is -0.499 e. The van der Waals surface area contributed by atoms with Crippen LogP contribution in [0.4, 0.5) is 0 Å². The lowest BCUT2D eigenvalue weighted by atomic mass is 10.2. The molecule has 6 nitrogen and oxygen atoms in total. The first-order valence-electron chi connectivity index (χ1n) is 13.6. The molecule has 1 fully saturated rings. The zero-order chi connectivity index (χ0) is 29.1. The lowest BCUT2D eigenvalue weighted by Gasteiger charge is -2.37. The molecule has 0 aromatic rings. The number of unbranched alkanes of at least 4 members (excludes halogenated alkanes) is 1. The van der Waals surface area contributed by atoms with Crippen LogP contribution in [0.15, 0.2) is 47.6 Å². The van der Waals surface area contributed by atoms with E-state index in [9.17, 15) is 0 Å². The molecule has 1 heterocycles. The highest BCUT2D eigenvalue weighted by atomic mass is 35.5. The Hall–Kier alpha value is -1.76. The minimum atomic E-state index is 0.102. The van der Waals surface area contributed by atoms with E-state index < -0.39 is 0 Å². The van der Waals surface area contributed by atoms with Gasteiger partial charge in [0.1, 0.15) is 12.5 Å². The molecule has 1 rings (SSSR count). The molecule has 0 saturated carbocycles. The molecule has 1 aliphatic rings. The molecule has 0 amide bonds. The second kappa shape index (κ2) is 28.8. The van der Waals surface area contributed by atoms with Gasteiger partial charge in [0.25, 0.3) is 0 Å². The van der Waals surface area contributed by atoms with Crippen molar-refractivity contribution in [3.8, 4) is 0 Å². The predicted molar refractivity (Wildman–Crippen MR) is 161 cm³/mol. The first-order valence-corrected chi connectivity index (χ1v) is 14.1. The van der Waals surface area contributed by atoms with Gasteiger partial charge < -0.3 is 23.9 Å². The number of alkyl halides is 1. The van der Waals surface area contributed by atoms with Crippen LogP contribution in [0.2, 0.25) is 0 Å². The Bertz CT molecular complexity index is 625. The number of hydrogen-bond acceptors (Lipinski definition) is 6. The average Bonchev–Trinajstić information content (AvgIpc) is 2.93. The molecule has 37 heavy (non-hydrogen) atoms. The molecule has 0 N–H and O–H groups in total. The second-order valence-electron chi connectivity index (χ2n) is 8.17. The monoisotopic (exact) mass is 544 g/mol. The third-order valence-corrected chi connectivity index (χ3v) is 5.67. The summed E-state index contributed by atoms with van der Waals surface area (Å²) in [6.07, 6.45) is 9.29. The summed E-state index contributed by atoms with van der Waals surface area (Å²) in [5.41, 5.74) is 2.47. The molecule has 0 radical (unpaired) electrons. The molecular weight excluding hydrogens is 488 g/mol. The maximum Gasteiger partial charge on any atom is 0.141 e. The SMILES string of the molecule is C=C/C(OC)=C(\C=C/C)N1CCN(CCCCOCC(C)Cl)CC1.C=O.CC.CCO/C(C)=C(/C)CC. The third kappa shape index (κ3) is 20.9. The summed E-state index contributed by atoms with van der Waals surface area (Å²) in [6, 6.07) is 0. The Labute approximate surface area is 234 Å². The van der Waals surface area contributed by atoms with Crippen molar-refractivity contribution in [1.29, 1.82) is 0 Å². The van der Waals surface area contributed by atoms with Crippen LogP contribution in [-0.4, -0.2) is 81.6 Å². The van der Waals surface area contributed by atoms with Crippen LogP contribution in [0.25, 0.3) is 0 Å². The van der Waals surface area contributed by atoms with E-state index in [0.29, 0.717) is 6.61 Å². The normalized spacial score (nSPS) is 15.5. The Morgan fingerprint density at radius 2 is 1.68 bits per heavy atom. The first kappa shape index (κ1) is 39.7. The van der Waals surface area contributed by atoms with E-state index in [1.54, 1.807) is 13.2 Å². The molecular formula is C30H57ClN2O4. The highest BCUT2D eigenvalue weighted by molar-refractivity contribution is 6.20. The quantitative estimate of drug-likeness (QED) is 0.0995. The Morgan fingerprint density at radius 1 is 1.08 bits per heavy atom. The molecule has 7 heteroatoms. The number of ether oxygens (including phenoxy) is 3. The van der Waals surface area contributed by atoms with E-state index in [2.05, 4.69) is 36.3 Å². The van der Waals surface area contributed by atoms with Crippen molar-refractivity contribution in [2.24, 2.45) is 0 Å². The third-order valence-electron chi connectivity index (χ3n) is 5.55. The van der Waals surface area contributed by atoms with Crippen molar-refractivity contribution in [2.45, 2.75) is 80.0 Å². The number of hydrogen-bond donors (Lipinski definition) is 0. The number of piperazine rings is 1. The summed E-state index contributed by atoms with van der Waals surface area (Å²) < 4.78 is 16.2. The molecule has 0 aromatic heterocycles. The summed E-state index contributed by atoms with van der Waals surface area (Å²) in [5, 5.41) is 0.102. The number of carbonyl (C=O) groups is 1. The van der Waals surface area contributed by atoms with E-state index in [-0.39, 0.29) is 5.38 Å². The van der Waals surface area contributed by atoms with Crippen molar-refractivity contribution in [3.05, 3.63) is 47.6 Å². The number of methoxy groups -OCH3 is 1. The van der Waals surface area contributed by atoms with E-state index in [1.165, 1.54) is 12.0 Å². The van der Waals surface area contributed by atoms with E-state index in [0.717, 1.165) is 76.0 Å². The summed E-state index contributed by atoms with van der Waals surface area (Å²) >= 11 is 5.86. The molecule has 1 aliphatic heterocycles. The van der Waals surface area contributed by atoms with Crippen molar-refractivity contribution in [1.82, 2.24) is 9.80 Å². The fourth-order valence-electron chi connectivity index (χ4n) is 3.38. The van der Waals surface area contributed by atoms with Gasteiger partial charge in [0.2, 0.25) is 0 Å². The van der Waals surface area contributed by atoms with Crippen molar-refractivity contribution < 1.29 is 19.0 Å². The van der Waals surface area contributed by atoms with E-state index >= 15 is 0 Å². The van der Waals surface area contributed by atoms with Crippen LogP contribution in [0, 0.1) is 0 Å². The largest absolute Gasteiger partial charge is 0.499 e. The lowest BCUT2D eigenvalue weighted by Crippen LogP contribution is -2.46. The molecule has 1 unspecified atom stereocenters. The molecule has 1 saturated heterocycles. The van der Waals surface area contributed by atoms with Gasteiger partial charge >= 0.3 is 0 Å². The molecule has 0 spiro atoms. The number of halogens is 1.